The molecule has 6 heteroatoms. The third kappa shape index (κ3) is 52.8. The van der Waals surface area contributed by atoms with E-state index in [0.717, 1.165) is 116 Å². The van der Waals surface area contributed by atoms with Gasteiger partial charge in [0, 0.05) is 19.3 Å². The van der Waals surface area contributed by atoms with Crippen molar-refractivity contribution in [2.75, 3.05) is 13.2 Å². The first-order chi connectivity index (χ1) is 33.5. The molecule has 0 heterocycles. The molecule has 0 aliphatic carbocycles. The summed E-state index contributed by atoms with van der Waals surface area (Å²) < 4.78 is 16.7. The van der Waals surface area contributed by atoms with Crippen LogP contribution in [0.1, 0.15) is 233 Å². The second-order valence-corrected chi connectivity index (χ2v) is 17.8. The summed E-state index contributed by atoms with van der Waals surface area (Å²) >= 11 is 0. The molecule has 0 aliphatic rings. The molecular formula is C62H100O6. The lowest BCUT2D eigenvalue weighted by atomic mass is 10.1. The maximum absolute atomic E-state index is 12.8. The van der Waals surface area contributed by atoms with Gasteiger partial charge in [0.1, 0.15) is 13.2 Å². The summed E-state index contributed by atoms with van der Waals surface area (Å²) in [5.74, 6) is -0.981. The van der Waals surface area contributed by atoms with Crippen LogP contribution in [0.4, 0.5) is 0 Å². The summed E-state index contributed by atoms with van der Waals surface area (Å²) in [5, 5.41) is 0. The highest BCUT2D eigenvalue weighted by molar-refractivity contribution is 5.71. The fraction of sp³-hybridized carbons (Fsp3) is 0.629. The van der Waals surface area contributed by atoms with Crippen molar-refractivity contribution in [2.24, 2.45) is 0 Å². The van der Waals surface area contributed by atoms with Gasteiger partial charge in [-0.05, 0) is 109 Å². The molecule has 0 aromatic rings. The Morgan fingerprint density at radius 2 is 0.588 bits per heavy atom. The number of esters is 3. The molecule has 0 bridgehead atoms. The van der Waals surface area contributed by atoms with Gasteiger partial charge in [-0.15, -0.1) is 0 Å². The molecule has 68 heavy (non-hydrogen) atoms. The van der Waals surface area contributed by atoms with Crippen LogP contribution in [0, 0.1) is 0 Å². The third-order valence-corrected chi connectivity index (χ3v) is 11.2. The van der Waals surface area contributed by atoms with Crippen molar-refractivity contribution < 1.29 is 28.6 Å². The molecule has 0 rings (SSSR count). The molecule has 0 amide bonds. The topological polar surface area (TPSA) is 78.9 Å². The van der Waals surface area contributed by atoms with Crippen molar-refractivity contribution >= 4 is 17.9 Å². The second-order valence-electron chi connectivity index (χ2n) is 17.8. The highest BCUT2D eigenvalue weighted by Gasteiger charge is 2.19. The molecule has 6 nitrogen and oxygen atoms in total. The molecule has 0 aliphatic heterocycles. The van der Waals surface area contributed by atoms with Gasteiger partial charge in [0.2, 0.25) is 0 Å². The molecule has 1 unspecified atom stereocenters. The summed E-state index contributed by atoms with van der Waals surface area (Å²) in [5.41, 5.74) is 0. The van der Waals surface area contributed by atoms with Gasteiger partial charge in [0.25, 0.3) is 0 Å². The predicted molar refractivity (Wildman–Crippen MR) is 293 cm³/mol. The quantitative estimate of drug-likeness (QED) is 0.0262. The van der Waals surface area contributed by atoms with Crippen molar-refractivity contribution in [1.29, 1.82) is 0 Å². The average Bonchev–Trinajstić information content (AvgIpc) is 3.34. The van der Waals surface area contributed by atoms with Crippen molar-refractivity contribution in [3.8, 4) is 0 Å². The Labute approximate surface area is 418 Å². The van der Waals surface area contributed by atoms with Crippen LogP contribution in [-0.2, 0) is 28.6 Å². The standard InChI is InChI=1S/C62H100O6/c1-4-7-10-13-16-19-21-23-24-25-26-27-28-29-30-31-32-33-34-35-36-37-38-39-41-43-46-49-52-55-61(64)67-58-59(57-66-60(63)54-51-48-45-42-18-15-12-9-6-3)68-62(65)56-53-50-47-44-40-22-20-17-14-11-8-5-2/h7,10,16-17,19-20,23-24,26-27,29-30,32-33,35-36,38-39,43,46,59H,4-6,8-9,11-15,18,21-22,25,28,31,34,37,40-42,44-45,47-58H2,1-3H3/b10-7-,19-16-,20-17-,24-23-,27-26-,30-29-,33-32-,36-35-,39-38-,46-43-. The van der Waals surface area contributed by atoms with Crippen LogP contribution in [0.25, 0.3) is 0 Å². The first kappa shape index (κ1) is 63.8. The van der Waals surface area contributed by atoms with E-state index in [0.29, 0.717) is 19.3 Å². The van der Waals surface area contributed by atoms with E-state index in [1.165, 1.54) is 70.6 Å². The summed E-state index contributed by atoms with van der Waals surface area (Å²) in [7, 11) is 0. The average molecular weight is 941 g/mol. The molecule has 0 aromatic carbocycles. The van der Waals surface area contributed by atoms with Gasteiger partial charge >= 0.3 is 17.9 Å². The van der Waals surface area contributed by atoms with Crippen LogP contribution in [-0.4, -0.2) is 37.2 Å². The minimum absolute atomic E-state index is 0.100. The van der Waals surface area contributed by atoms with Gasteiger partial charge in [-0.25, -0.2) is 0 Å². The van der Waals surface area contributed by atoms with E-state index in [4.69, 9.17) is 14.2 Å². The number of allylic oxidation sites excluding steroid dienone is 20. The molecule has 0 fully saturated rings. The van der Waals surface area contributed by atoms with Crippen molar-refractivity contribution in [3.05, 3.63) is 122 Å². The van der Waals surface area contributed by atoms with E-state index in [9.17, 15) is 14.4 Å². The van der Waals surface area contributed by atoms with Gasteiger partial charge < -0.3 is 14.2 Å². The SMILES string of the molecule is CC/C=C\C/C=C\C/C=C\C/C=C\C/C=C\C/C=C\C/C=C\C/C=C\C/C=C\CCCC(=O)OCC(COC(=O)CCCCCCCCCCC)OC(=O)CCCCCCC/C=C\CCCCC. The van der Waals surface area contributed by atoms with E-state index in [2.05, 4.69) is 142 Å². The van der Waals surface area contributed by atoms with Gasteiger partial charge in [-0.2, -0.15) is 0 Å². The van der Waals surface area contributed by atoms with Crippen LogP contribution in [0.15, 0.2) is 122 Å². The van der Waals surface area contributed by atoms with E-state index >= 15 is 0 Å². The predicted octanol–water partition coefficient (Wildman–Crippen LogP) is 18.5. The third-order valence-electron chi connectivity index (χ3n) is 11.2. The van der Waals surface area contributed by atoms with Gasteiger partial charge in [0.05, 0.1) is 0 Å². The summed E-state index contributed by atoms with van der Waals surface area (Å²) in [6, 6.07) is 0. The Morgan fingerprint density at radius 3 is 1.00 bits per heavy atom. The molecule has 0 N–H and O–H groups in total. The van der Waals surface area contributed by atoms with E-state index < -0.39 is 6.10 Å². The number of ether oxygens (including phenoxy) is 3. The molecule has 0 spiro atoms. The summed E-state index contributed by atoms with van der Waals surface area (Å²) in [6.45, 7) is 6.41. The zero-order chi connectivity index (χ0) is 49.3. The summed E-state index contributed by atoms with van der Waals surface area (Å²) in [4.78, 5) is 37.9. The highest BCUT2D eigenvalue weighted by Crippen LogP contribution is 2.13. The first-order valence-electron chi connectivity index (χ1n) is 27.5. The Hall–Kier alpha value is -4.19. The first-order valence-corrected chi connectivity index (χ1v) is 27.5. The van der Waals surface area contributed by atoms with Gasteiger partial charge in [-0.3, -0.25) is 14.4 Å². The number of unbranched alkanes of at least 4 members (excludes halogenated alkanes) is 17. The fourth-order valence-corrected chi connectivity index (χ4v) is 7.08. The number of rotatable bonds is 48. The maximum atomic E-state index is 12.8. The maximum Gasteiger partial charge on any atom is 0.306 e. The monoisotopic (exact) mass is 941 g/mol. The zero-order valence-electron chi connectivity index (χ0n) is 43.8. The summed E-state index contributed by atoms with van der Waals surface area (Å²) in [6.07, 6.45) is 76.3. The molecule has 0 radical (unpaired) electrons. The highest BCUT2D eigenvalue weighted by atomic mass is 16.6. The number of hydrogen-bond donors (Lipinski definition) is 0. The Balaban J connectivity index is 4.35. The van der Waals surface area contributed by atoms with Crippen molar-refractivity contribution in [3.63, 3.8) is 0 Å². The smallest absolute Gasteiger partial charge is 0.306 e. The lowest BCUT2D eigenvalue weighted by Crippen LogP contribution is -2.30. The van der Waals surface area contributed by atoms with Crippen molar-refractivity contribution in [2.45, 2.75) is 239 Å². The molecule has 384 valence electrons. The minimum atomic E-state index is -0.805. The van der Waals surface area contributed by atoms with E-state index in [-0.39, 0.29) is 37.5 Å². The lowest BCUT2D eigenvalue weighted by molar-refractivity contribution is -0.167. The zero-order valence-corrected chi connectivity index (χ0v) is 43.8. The molecule has 1 atom stereocenters. The molecule has 0 saturated carbocycles. The number of hydrogen-bond acceptors (Lipinski definition) is 6. The van der Waals surface area contributed by atoms with Crippen LogP contribution in [0.3, 0.4) is 0 Å². The second kappa shape index (κ2) is 55.4. The number of carbonyl (C=O) groups excluding carboxylic acids is 3. The van der Waals surface area contributed by atoms with Crippen LogP contribution >= 0.6 is 0 Å². The molecule has 0 aromatic heterocycles. The lowest BCUT2D eigenvalue weighted by Gasteiger charge is -2.18. The van der Waals surface area contributed by atoms with E-state index in [1.807, 2.05) is 0 Å². The normalized spacial score (nSPS) is 13.0. The Kier molecular flexibility index (Phi) is 52.0. The van der Waals surface area contributed by atoms with E-state index in [1.54, 1.807) is 0 Å². The van der Waals surface area contributed by atoms with Gasteiger partial charge in [-0.1, -0.05) is 226 Å². The largest absolute Gasteiger partial charge is 0.462 e. The fourth-order valence-electron chi connectivity index (χ4n) is 7.08. The molecular weight excluding hydrogens is 841 g/mol. The Morgan fingerprint density at radius 1 is 0.309 bits per heavy atom. The van der Waals surface area contributed by atoms with Gasteiger partial charge in [0.15, 0.2) is 6.10 Å². The van der Waals surface area contributed by atoms with Crippen LogP contribution in [0.2, 0.25) is 0 Å². The molecule has 0 saturated heterocycles. The van der Waals surface area contributed by atoms with Crippen LogP contribution in [0.5, 0.6) is 0 Å². The van der Waals surface area contributed by atoms with Crippen molar-refractivity contribution in [1.82, 2.24) is 0 Å². The minimum Gasteiger partial charge on any atom is -0.462 e. The Bertz CT molecular complexity index is 1450. The number of carbonyl (C=O) groups is 3. The van der Waals surface area contributed by atoms with Crippen LogP contribution < -0.4 is 0 Å².